The van der Waals surface area contributed by atoms with Gasteiger partial charge in [0.25, 0.3) is 0 Å². The average molecular weight is 230 g/mol. The number of carboxylic acid groups (broad SMARTS) is 1. The van der Waals surface area contributed by atoms with Gasteiger partial charge in [-0.2, -0.15) is 0 Å². The second-order valence-corrected chi connectivity index (χ2v) is 3.92. The fourth-order valence-corrected chi connectivity index (χ4v) is 1.87. The fourth-order valence-electron chi connectivity index (χ4n) is 1.87. The van der Waals surface area contributed by atoms with Crippen LogP contribution in [0.2, 0.25) is 0 Å². The summed E-state index contributed by atoms with van der Waals surface area (Å²) in [6.45, 7) is 0.884. The van der Waals surface area contributed by atoms with Crippen LogP contribution in [-0.4, -0.2) is 54.2 Å². The number of ether oxygens (including phenoxy) is 1. The van der Waals surface area contributed by atoms with E-state index in [0.29, 0.717) is 26.0 Å². The first kappa shape index (κ1) is 12.9. The van der Waals surface area contributed by atoms with E-state index < -0.39 is 18.1 Å². The van der Waals surface area contributed by atoms with Crippen molar-refractivity contribution in [3.8, 4) is 0 Å². The van der Waals surface area contributed by atoms with Gasteiger partial charge in [0, 0.05) is 20.3 Å². The molecule has 2 atom stereocenters. The lowest BCUT2D eigenvalue weighted by Gasteiger charge is -2.24. The highest BCUT2D eigenvalue weighted by molar-refractivity contribution is 5.87. The zero-order chi connectivity index (χ0) is 12.1. The van der Waals surface area contributed by atoms with E-state index in [-0.39, 0.29) is 5.91 Å². The predicted octanol–water partition coefficient (Wildman–Crippen LogP) is -0.574. The molecule has 16 heavy (non-hydrogen) atoms. The first-order valence-corrected chi connectivity index (χ1v) is 5.35. The first-order chi connectivity index (χ1) is 7.57. The second-order valence-electron chi connectivity index (χ2n) is 3.92. The minimum Gasteiger partial charge on any atom is -0.480 e. The van der Waals surface area contributed by atoms with Crippen LogP contribution in [0.4, 0.5) is 0 Å². The summed E-state index contributed by atoms with van der Waals surface area (Å²) < 4.78 is 4.83. The first-order valence-electron chi connectivity index (χ1n) is 5.35. The minimum atomic E-state index is -0.954. The van der Waals surface area contributed by atoms with Gasteiger partial charge in [0.1, 0.15) is 6.04 Å². The van der Waals surface area contributed by atoms with Crippen LogP contribution < -0.4 is 5.73 Å². The molecule has 1 saturated heterocycles. The third-order valence-electron chi connectivity index (χ3n) is 2.77. The summed E-state index contributed by atoms with van der Waals surface area (Å²) in [6, 6.07) is -1.37. The van der Waals surface area contributed by atoms with Crippen molar-refractivity contribution in [2.24, 2.45) is 5.73 Å². The van der Waals surface area contributed by atoms with Crippen molar-refractivity contribution in [3.63, 3.8) is 0 Å². The van der Waals surface area contributed by atoms with E-state index >= 15 is 0 Å². The van der Waals surface area contributed by atoms with Crippen LogP contribution in [0, 0.1) is 0 Å². The summed E-state index contributed by atoms with van der Waals surface area (Å²) >= 11 is 0. The number of likely N-dealkylation sites (tertiary alicyclic amines) is 1. The van der Waals surface area contributed by atoms with E-state index in [1.807, 2.05) is 0 Å². The van der Waals surface area contributed by atoms with Crippen molar-refractivity contribution in [3.05, 3.63) is 0 Å². The maximum Gasteiger partial charge on any atom is 0.326 e. The zero-order valence-electron chi connectivity index (χ0n) is 9.39. The Morgan fingerprint density at radius 2 is 2.31 bits per heavy atom. The lowest BCUT2D eigenvalue weighted by molar-refractivity contribution is -0.148. The third-order valence-corrected chi connectivity index (χ3v) is 2.77. The Bertz CT molecular complexity index is 270. The van der Waals surface area contributed by atoms with Crippen molar-refractivity contribution in [1.82, 2.24) is 4.90 Å². The molecule has 6 nitrogen and oxygen atoms in total. The van der Waals surface area contributed by atoms with E-state index in [9.17, 15) is 9.59 Å². The highest BCUT2D eigenvalue weighted by Crippen LogP contribution is 2.18. The van der Waals surface area contributed by atoms with Gasteiger partial charge in [-0.05, 0) is 19.3 Å². The number of nitrogens with two attached hydrogens (primary N) is 1. The van der Waals surface area contributed by atoms with E-state index in [4.69, 9.17) is 15.6 Å². The summed E-state index contributed by atoms with van der Waals surface area (Å²) in [7, 11) is 1.53. The molecule has 3 N–H and O–H groups in total. The lowest BCUT2D eigenvalue weighted by atomic mass is 10.1. The van der Waals surface area contributed by atoms with Gasteiger partial charge in [0.2, 0.25) is 5.91 Å². The molecule has 1 unspecified atom stereocenters. The lowest BCUT2D eigenvalue weighted by Crippen LogP contribution is -2.48. The van der Waals surface area contributed by atoms with E-state index in [1.54, 1.807) is 0 Å². The summed E-state index contributed by atoms with van der Waals surface area (Å²) in [4.78, 5) is 24.1. The Hall–Kier alpha value is -1.14. The summed E-state index contributed by atoms with van der Waals surface area (Å²) in [5, 5.41) is 8.93. The number of rotatable bonds is 5. The third kappa shape index (κ3) is 2.93. The normalized spacial score (nSPS) is 22.1. The number of amides is 1. The summed E-state index contributed by atoms with van der Waals surface area (Å²) in [5.74, 6) is -1.24. The van der Waals surface area contributed by atoms with Crippen molar-refractivity contribution in [1.29, 1.82) is 0 Å². The number of carbonyl (C=O) groups is 2. The van der Waals surface area contributed by atoms with Gasteiger partial charge in [-0.1, -0.05) is 0 Å². The molecule has 0 radical (unpaired) electrons. The molecule has 92 valence electrons. The standard InChI is InChI=1S/C10H18N2O4/c1-16-6-4-7(11)9(13)12-5-2-3-8(12)10(14)15/h7-8H,2-6,11H2,1H3,(H,14,15)/t7?,8-/m1/s1. The van der Waals surface area contributed by atoms with Crippen LogP contribution in [0.1, 0.15) is 19.3 Å². The molecule has 0 saturated carbocycles. The molecule has 0 bridgehead atoms. The van der Waals surface area contributed by atoms with Crippen molar-refractivity contribution in [2.75, 3.05) is 20.3 Å². The molecule has 1 amide bonds. The topological polar surface area (TPSA) is 92.9 Å². The zero-order valence-corrected chi connectivity index (χ0v) is 9.39. The molecule has 0 aliphatic carbocycles. The molecule has 1 fully saturated rings. The Kier molecular flexibility index (Phi) is 4.70. The molecular weight excluding hydrogens is 212 g/mol. The highest BCUT2D eigenvalue weighted by Gasteiger charge is 2.35. The smallest absolute Gasteiger partial charge is 0.326 e. The van der Waals surface area contributed by atoms with Crippen LogP contribution in [0.3, 0.4) is 0 Å². The summed E-state index contributed by atoms with van der Waals surface area (Å²) in [6.07, 6.45) is 1.65. The van der Waals surface area contributed by atoms with Gasteiger partial charge >= 0.3 is 5.97 Å². The predicted molar refractivity (Wildman–Crippen MR) is 56.8 cm³/mol. The second kappa shape index (κ2) is 5.81. The van der Waals surface area contributed by atoms with Crippen LogP contribution >= 0.6 is 0 Å². The van der Waals surface area contributed by atoms with Gasteiger partial charge in [0.05, 0.1) is 6.04 Å². The number of methoxy groups -OCH3 is 1. The molecule has 1 aliphatic heterocycles. The molecule has 1 heterocycles. The number of hydrogen-bond donors (Lipinski definition) is 2. The SMILES string of the molecule is COCCC(N)C(=O)N1CCC[C@@H]1C(=O)O. The Morgan fingerprint density at radius 1 is 1.62 bits per heavy atom. The Labute approximate surface area is 94.3 Å². The molecule has 0 aromatic rings. The molecule has 0 aromatic heterocycles. The largest absolute Gasteiger partial charge is 0.480 e. The van der Waals surface area contributed by atoms with Crippen LogP contribution in [0.25, 0.3) is 0 Å². The summed E-state index contributed by atoms with van der Waals surface area (Å²) in [5.41, 5.74) is 5.68. The van der Waals surface area contributed by atoms with Gasteiger partial charge < -0.3 is 20.5 Å². The van der Waals surface area contributed by atoms with Crippen LogP contribution in [-0.2, 0) is 14.3 Å². The monoisotopic (exact) mass is 230 g/mol. The van der Waals surface area contributed by atoms with Crippen molar-refractivity contribution >= 4 is 11.9 Å². The van der Waals surface area contributed by atoms with Gasteiger partial charge in [-0.15, -0.1) is 0 Å². The number of hydrogen-bond acceptors (Lipinski definition) is 4. The quantitative estimate of drug-likeness (QED) is 0.659. The van der Waals surface area contributed by atoms with Gasteiger partial charge in [-0.3, -0.25) is 4.79 Å². The number of aliphatic carboxylic acids is 1. The minimum absolute atomic E-state index is 0.290. The Morgan fingerprint density at radius 3 is 2.88 bits per heavy atom. The van der Waals surface area contributed by atoms with E-state index in [0.717, 1.165) is 6.42 Å². The van der Waals surface area contributed by atoms with Gasteiger partial charge in [-0.25, -0.2) is 4.79 Å². The van der Waals surface area contributed by atoms with Crippen LogP contribution in [0.15, 0.2) is 0 Å². The number of nitrogens with zero attached hydrogens (tertiary/aromatic N) is 1. The molecule has 0 aromatic carbocycles. The van der Waals surface area contributed by atoms with E-state index in [2.05, 4.69) is 0 Å². The molecule has 1 rings (SSSR count). The average Bonchev–Trinajstić information content (AvgIpc) is 2.73. The fraction of sp³-hybridized carbons (Fsp3) is 0.800. The van der Waals surface area contributed by atoms with E-state index in [1.165, 1.54) is 12.0 Å². The van der Waals surface area contributed by atoms with Crippen molar-refractivity contribution < 1.29 is 19.4 Å². The number of carboxylic acids is 1. The number of carbonyl (C=O) groups excluding carboxylic acids is 1. The molecular formula is C10H18N2O4. The maximum atomic E-state index is 11.8. The van der Waals surface area contributed by atoms with Crippen molar-refractivity contribution in [2.45, 2.75) is 31.3 Å². The van der Waals surface area contributed by atoms with Gasteiger partial charge in [0.15, 0.2) is 0 Å². The van der Waals surface area contributed by atoms with Crippen LogP contribution in [0.5, 0.6) is 0 Å². The highest BCUT2D eigenvalue weighted by atomic mass is 16.5. The maximum absolute atomic E-state index is 11.8. The molecule has 6 heteroatoms. The molecule has 0 spiro atoms. The molecule has 1 aliphatic rings. The Balaban J connectivity index is 2.55.